The number of unbranched alkanes of at least 4 members (excludes halogenated alkanes) is 1. The number of aromatic amines is 1. The Morgan fingerprint density at radius 1 is 1.03 bits per heavy atom. The van der Waals surface area contributed by atoms with Crippen LogP contribution in [0.2, 0.25) is 0 Å². The third-order valence-electron chi connectivity index (χ3n) is 5.56. The number of anilines is 1. The van der Waals surface area contributed by atoms with E-state index in [0.29, 0.717) is 30.4 Å². The normalized spacial score (nSPS) is 10.6. The Bertz CT molecular complexity index is 1210. The number of hydrogen-bond acceptors (Lipinski definition) is 5. The number of rotatable bonds is 9. The van der Waals surface area contributed by atoms with Gasteiger partial charge in [-0.2, -0.15) is 0 Å². The van der Waals surface area contributed by atoms with Crippen molar-refractivity contribution in [2.75, 3.05) is 19.0 Å². The first-order valence-corrected chi connectivity index (χ1v) is 11.3. The predicted octanol–water partition coefficient (Wildman–Crippen LogP) is 5.38. The molecule has 0 spiro atoms. The molecular weight excluding hydrogens is 428 g/mol. The van der Waals surface area contributed by atoms with Crippen LogP contribution in [0.25, 0.3) is 22.5 Å². The van der Waals surface area contributed by atoms with E-state index in [1.165, 1.54) is 0 Å². The number of urea groups is 1. The maximum atomic E-state index is 13.0. The fourth-order valence-corrected chi connectivity index (χ4v) is 3.73. The van der Waals surface area contributed by atoms with Gasteiger partial charge in [0.1, 0.15) is 5.75 Å². The number of amides is 2. The van der Waals surface area contributed by atoms with Crippen molar-refractivity contribution in [3.05, 3.63) is 78.4 Å². The largest absolute Gasteiger partial charge is 0.497 e. The summed E-state index contributed by atoms with van der Waals surface area (Å²) in [6.07, 6.45) is 1.94. The summed E-state index contributed by atoms with van der Waals surface area (Å²) in [6, 6.07) is 23.5. The van der Waals surface area contributed by atoms with Crippen molar-refractivity contribution in [2.45, 2.75) is 26.3 Å². The van der Waals surface area contributed by atoms with E-state index >= 15 is 0 Å². The van der Waals surface area contributed by atoms with Gasteiger partial charge < -0.3 is 15.0 Å². The molecule has 0 aliphatic rings. The first-order valence-electron chi connectivity index (χ1n) is 11.3. The molecule has 1 heterocycles. The summed E-state index contributed by atoms with van der Waals surface area (Å²) in [5.74, 6) is 1.33. The Morgan fingerprint density at radius 2 is 1.82 bits per heavy atom. The lowest BCUT2D eigenvalue weighted by Crippen LogP contribution is -2.35. The van der Waals surface area contributed by atoms with Crippen LogP contribution in [-0.4, -0.2) is 45.2 Å². The number of methoxy groups -OCH3 is 1. The van der Waals surface area contributed by atoms with E-state index in [-0.39, 0.29) is 6.03 Å². The zero-order chi connectivity index (χ0) is 23.8. The third kappa shape index (κ3) is 5.58. The lowest BCUT2D eigenvalue weighted by Gasteiger charge is -2.23. The smallest absolute Gasteiger partial charge is 0.322 e. The van der Waals surface area contributed by atoms with Crippen LogP contribution in [0.5, 0.6) is 5.75 Å². The number of nitrogens with one attached hydrogen (secondary N) is 2. The van der Waals surface area contributed by atoms with Gasteiger partial charge in [-0.15, -0.1) is 5.10 Å². The standard InChI is InChI=1S/C26H28N6O2/c1-3-4-16-32(26(33)27-21-8-7-9-22(17-21)34-2)18-19-12-14-20(15-13-19)23-10-5-6-11-24(23)25-28-30-31-29-25/h5-15,17H,3-4,16,18H2,1-2H3,(H,27,33)(H,28,29,30,31). The van der Waals surface area contributed by atoms with Crippen LogP contribution >= 0.6 is 0 Å². The van der Waals surface area contributed by atoms with Crippen LogP contribution < -0.4 is 10.1 Å². The van der Waals surface area contributed by atoms with E-state index in [1.54, 1.807) is 7.11 Å². The second kappa shape index (κ2) is 11.1. The molecule has 0 saturated heterocycles. The number of nitrogens with zero attached hydrogens (tertiary/aromatic N) is 4. The molecule has 8 heteroatoms. The van der Waals surface area contributed by atoms with Crippen LogP contribution in [0.15, 0.2) is 72.8 Å². The lowest BCUT2D eigenvalue weighted by molar-refractivity contribution is 0.208. The molecular formula is C26H28N6O2. The Labute approximate surface area is 199 Å². The summed E-state index contributed by atoms with van der Waals surface area (Å²) < 4.78 is 5.26. The molecule has 0 radical (unpaired) electrons. The van der Waals surface area contributed by atoms with Crippen LogP contribution in [0.4, 0.5) is 10.5 Å². The second-order valence-corrected chi connectivity index (χ2v) is 7.93. The first kappa shape index (κ1) is 23.0. The molecule has 0 unspecified atom stereocenters. The molecule has 8 nitrogen and oxygen atoms in total. The molecule has 0 bridgehead atoms. The quantitative estimate of drug-likeness (QED) is 0.353. The predicted molar refractivity (Wildman–Crippen MR) is 132 cm³/mol. The van der Waals surface area contributed by atoms with Crippen LogP contribution in [0, 0.1) is 0 Å². The van der Waals surface area contributed by atoms with Gasteiger partial charge in [-0.3, -0.25) is 0 Å². The summed E-state index contributed by atoms with van der Waals surface area (Å²) >= 11 is 0. The highest BCUT2D eigenvalue weighted by Crippen LogP contribution is 2.30. The topological polar surface area (TPSA) is 96.0 Å². The van der Waals surface area contributed by atoms with Gasteiger partial charge in [0, 0.05) is 30.4 Å². The molecule has 3 aromatic carbocycles. The molecule has 174 valence electrons. The zero-order valence-electron chi connectivity index (χ0n) is 19.4. The molecule has 0 fully saturated rings. The maximum Gasteiger partial charge on any atom is 0.322 e. The number of aromatic nitrogens is 4. The minimum Gasteiger partial charge on any atom is -0.497 e. The van der Waals surface area contributed by atoms with Gasteiger partial charge in [0.05, 0.1) is 7.11 Å². The highest BCUT2D eigenvalue weighted by atomic mass is 16.5. The summed E-state index contributed by atoms with van der Waals surface area (Å²) in [5, 5.41) is 17.2. The van der Waals surface area contributed by atoms with Gasteiger partial charge in [0.15, 0.2) is 5.82 Å². The first-order chi connectivity index (χ1) is 16.7. The molecule has 0 atom stereocenters. The minimum absolute atomic E-state index is 0.131. The summed E-state index contributed by atoms with van der Waals surface area (Å²) in [7, 11) is 1.61. The number of benzene rings is 3. The molecule has 2 N–H and O–H groups in total. The SMILES string of the molecule is CCCCN(Cc1ccc(-c2ccccc2-c2nnn[nH]2)cc1)C(=O)Nc1cccc(OC)c1. The maximum absolute atomic E-state index is 13.0. The van der Waals surface area contributed by atoms with E-state index in [2.05, 4.69) is 57.1 Å². The molecule has 0 saturated carbocycles. The number of hydrogen-bond donors (Lipinski definition) is 2. The molecule has 1 aromatic heterocycles. The van der Waals surface area contributed by atoms with E-state index in [9.17, 15) is 4.79 Å². The minimum atomic E-state index is -0.131. The van der Waals surface area contributed by atoms with E-state index < -0.39 is 0 Å². The number of tetrazole rings is 1. The number of carbonyl (C=O) groups is 1. The Kier molecular flexibility index (Phi) is 7.49. The number of carbonyl (C=O) groups excluding carboxylic acids is 1. The zero-order valence-corrected chi connectivity index (χ0v) is 19.4. The van der Waals surface area contributed by atoms with Gasteiger partial charge in [-0.1, -0.05) is 67.9 Å². The Morgan fingerprint density at radius 3 is 2.53 bits per heavy atom. The van der Waals surface area contributed by atoms with Crippen LogP contribution in [0.1, 0.15) is 25.3 Å². The highest BCUT2D eigenvalue weighted by molar-refractivity contribution is 5.89. The van der Waals surface area contributed by atoms with Gasteiger partial charge in [0.25, 0.3) is 0 Å². The molecule has 2 amide bonds. The van der Waals surface area contributed by atoms with Crippen molar-refractivity contribution >= 4 is 11.7 Å². The van der Waals surface area contributed by atoms with Crippen LogP contribution in [-0.2, 0) is 6.54 Å². The van der Waals surface area contributed by atoms with Crippen molar-refractivity contribution in [1.29, 1.82) is 0 Å². The Hall–Kier alpha value is -4.20. The summed E-state index contributed by atoms with van der Waals surface area (Å²) in [5.41, 5.74) is 4.78. The van der Waals surface area contributed by atoms with Crippen molar-refractivity contribution in [1.82, 2.24) is 25.5 Å². The average Bonchev–Trinajstić information content (AvgIpc) is 3.42. The van der Waals surface area contributed by atoms with Crippen molar-refractivity contribution in [3.63, 3.8) is 0 Å². The molecule has 0 aliphatic heterocycles. The van der Waals surface area contributed by atoms with E-state index in [0.717, 1.165) is 35.1 Å². The highest BCUT2D eigenvalue weighted by Gasteiger charge is 2.15. The molecule has 4 rings (SSSR count). The number of ether oxygens (including phenoxy) is 1. The van der Waals surface area contributed by atoms with Crippen LogP contribution in [0.3, 0.4) is 0 Å². The van der Waals surface area contributed by atoms with E-state index in [1.807, 2.05) is 53.4 Å². The monoisotopic (exact) mass is 456 g/mol. The van der Waals surface area contributed by atoms with E-state index in [4.69, 9.17) is 4.74 Å². The molecule has 34 heavy (non-hydrogen) atoms. The summed E-state index contributed by atoms with van der Waals surface area (Å²) in [6.45, 7) is 3.31. The van der Waals surface area contributed by atoms with Crippen molar-refractivity contribution in [3.8, 4) is 28.3 Å². The Balaban J connectivity index is 1.50. The summed E-state index contributed by atoms with van der Waals surface area (Å²) in [4.78, 5) is 14.9. The fourth-order valence-electron chi connectivity index (χ4n) is 3.73. The molecule has 0 aliphatic carbocycles. The average molecular weight is 457 g/mol. The van der Waals surface area contributed by atoms with Crippen molar-refractivity contribution < 1.29 is 9.53 Å². The number of H-pyrrole nitrogens is 1. The third-order valence-corrected chi connectivity index (χ3v) is 5.56. The van der Waals surface area contributed by atoms with Gasteiger partial charge in [-0.25, -0.2) is 9.89 Å². The fraction of sp³-hybridized carbons (Fsp3) is 0.231. The molecule has 4 aromatic rings. The second-order valence-electron chi connectivity index (χ2n) is 7.93. The lowest BCUT2D eigenvalue weighted by atomic mass is 9.98. The van der Waals surface area contributed by atoms with Crippen molar-refractivity contribution in [2.24, 2.45) is 0 Å². The van der Waals surface area contributed by atoms with Gasteiger partial charge in [0.2, 0.25) is 0 Å². The van der Waals surface area contributed by atoms with Gasteiger partial charge >= 0.3 is 6.03 Å². The van der Waals surface area contributed by atoms with Gasteiger partial charge in [-0.05, 0) is 45.7 Å².